The zero-order valence-electron chi connectivity index (χ0n) is 14.0. The number of aryl methyl sites for hydroxylation is 1. The smallest absolute Gasteiger partial charge is 0.294 e. The molecule has 0 spiro atoms. The molecule has 1 heterocycles. The molecule has 0 bridgehead atoms. The van der Waals surface area contributed by atoms with Crippen LogP contribution in [-0.4, -0.2) is 47.8 Å². The van der Waals surface area contributed by atoms with Crippen LogP contribution in [0.25, 0.3) is 0 Å². The second-order valence-corrected chi connectivity index (χ2v) is 8.00. The van der Waals surface area contributed by atoms with E-state index in [0.717, 1.165) is 10.5 Å². The third kappa shape index (κ3) is 4.75. The molecule has 1 amide bonds. The minimum atomic E-state index is -4.02. The van der Waals surface area contributed by atoms with Gasteiger partial charge in [0, 0.05) is 6.42 Å². The highest BCUT2D eigenvalue weighted by Gasteiger charge is 2.55. The van der Waals surface area contributed by atoms with Crippen LogP contribution in [0.1, 0.15) is 24.8 Å². The number of hydrogen-bond acceptors (Lipinski definition) is 5. The van der Waals surface area contributed by atoms with Crippen LogP contribution in [-0.2, 0) is 14.9 Å². The summed E-state index contributed by atoms with van der Waals surface area (Å²) >= 11 is 0. The molecule has 3 N–H and O–H groups in total. The van der Waals surface area contributed by atoms with Crippen molar-refractivity contribution in [3.8, 4) is 6.07 Å². The maximum absolute atomic E-state index is 13.0. The molecule has 26 heavy (non-hydrogen) atoms. The SMILES string of the molecule is Cc1ccc(S(=O)(=O)O)cc1.N#CC1CC(F)(F)CN1C(=O)C1(N)CC1. The van der Waals surface area contributed by atoms with Crippen molar-refractivity contribution in [1.82, 2.24) is 4.90 Å². The van der Waals surface area contributed by atoms with E-state index in [-0.39, 0.29) is 4.90 Å². The number of benzene rings is 1. The molecule has 2 fully saturated rings. The van der Waals surface area contributed by atoms with Crippen LogP contribution in [0.15, 0.2) is 29.2 Å². The number of nitrogens with zero attached hydrogens (tertiary/aromatic N) is 2. The van der Waals surface area contributed by atoms with Crippen LogP contribution in [0, 0.1) is 18.3 Å². The van der Waals surface area contributed by atoms with Gasteiger partial charge in [-0.05, 0) is 31.9 Å². The second-order valence-electron chi connectivity index (χ2n) is 6.58. The zero-order chi connectivity index (χ0) is 19.8. The first-order chi connectivity index (χ1) is 11.9. The summed E-state index contributed by atoms with van der Waals surface area (Å²) in [6, 6.07) is 6.67. The molecule has 7 nitrogen and oxygen atoms in total. The normalized spacial score (nSPS) is 22.8. The van der Waals surface area contributed by atoms with Gasteiger partial charge in [0.15, 0.2) is 0 Å². The van der Waals surface area contributed by atoms with Gasteiger partial charge in [-0.2, -0.15) is 13.7 Å². The van der Waals surface area contributed by atoms with Gasteiger partial charge in [-0.1, -0.05) is 17.7 Å². The largest absolute Gasteiger partial charge is 0.319 e. The fourth-order valence-corrected chi connectivity index (χ4v) is 2.97. The Morgan fingerprint density at radius 3 is 2.31 bits per heavy atom. The molecule has 0 aromatic heterocycles. The first kappa shape index (κ1) is 20.2. The lowest BCUT2D eigenvalue weighted by Gasteiger charge is -2.22. The van der Waals surface area contributed by atoms with Crippen molar-refractivity contribution in [2.75, 3.05) is 6.54 Å². The summed E-state index contributed by atoms with van der Waals surface area (Å²) in [6.07, 6.45) is 0.462. The van der Waals surface area contributed by atoms with E-state index in [1.807, 2.05) is 6.92 Å². The van der Waals surface area contributed by atoms with Gasteiger partial charge >= 0.3 is 0 Å². The Morgan fingerprint density at radius 2 is 1.88 bits per heavy atom. The van der Waals surface area contributed by atoms with E-state index in [2.05, 4.69) is 0 Å². The third-order valence-electron chi connectivity index (χ3n) is 4.21. The quantitative estimate of drug-likeness (QED) is 0.741. The number of likely N-dealkylation sites (tertiary alicyclic amines) is 1. The molecular formula is C16H19F2N3O4S. The molecule has 10 heteroatoms. The minimum absolute atomic E-state index is 0.0666. The second kappa shape index (κ2) is 6.90. The summed E-state index contributed by atoms with van der Waals surface area (Å²) in [7, 11) is -4.02. The van der Waals surface area contributed by atoms with Crippen molar-refractivity contribution in [3.05, 3.63) is 29.8 Å². The number of rotatable bonds is 2. The van der Waals surface area contributed by atoms with Crippen molar-refractivity contribution in [1.29, 1.82) is 5.26 Å². The van der Waals surface area contributed by atoms with E-state index < -0.39 is 46.5 Å². The molecule has 0 radical (unpaired) electrons. The van der Waals surface area contributed by atoms with Crippen molar-refractivity contribution < 1.29 is 26.5 Å². The molecule has 3 rings (SSSR count). The predicted octanol–water partition coefficient (Wildman–Crippen LogP) is 1.48. The Bertz CT molecular complexity index is 830. The molecule has 1 saturated heterocycles. The fourth-order valence-electron chi connectivity index (χ4n) is 2.49. The van der Waals surface area contributed by atoms with E-state index >= 15 is 0 Å². The van der Waals surface area contributed by atoms with Crippen molar-refractivity contribution in [2.24, 2.45) is 5.73 Å². The first-order valence-corrected chi connectivity index (χ1v) is 9.24. The number of nitriles is 1. The van der Waals surface area contributed by atoms with E-state index in [4.69, 9.17) is 15.5 Å². The molecule has 1 unspecified atom stereocenters. The van der Waals surface area contributed by atoms with E-state index in [1.54, 1.807) is 18.2 Å². The van der Waals surface area contributed by atoms with Gasteiger partial charge in [0.1, 0.15) is 6.04 Å². The third-order valence-corrected chi connectivity index (χ3v) is 5.08. The van der Waals surface area contributed by atoms with Crippen molar-refractivity contribution in [3.63, 3.8) is 0 Å². The van der Waals surface area contributed by atoms with Crippen molar-refractivity contribution in [2.45, 2.75) is 48.6 Å². The van der Waals surface area contributed by atoms with E-state index in [1.165, 1.54) is 12.1 Å². The van der Waals surface area contributed by atoms with Crippen LogP contribution < -0.4 is 5.73 Å². The topological polar surface area (TPSA) is 124 Å². The number of amides is 1. The van der Waals surface area contributed by atoms with Gasteiger partial charge in [-0.25, -0.2) is 8.78 Å². The summed E-state index contributed by atoms with van der Waals surface area (Å²) in [4.78, 5) is 12.6. The van der Waals surface area contributed by atoms with Crippen LogP contribution in [0.5, 0.6) is 0 Å². The molecule has 2 aliphatic rings. The highest BCUT2D eigenvalue weighted by atomic mass is 32.2. The zero-order valence-corrected chi connectivity index (χ0v) is 14.8. The highest BCUT2D eigenvalue weighted by Crippen LogP contribution is 2.39. The summed E-state index contributed by atoms with van der Waals surface area (Å²) in [5.41, 5.74) is 5.61. The molecular weight excluding hydrogens is 368 g/mol. The maximum Gasteiger partial charge on any atom is 0.294 e. The Kier molecular flexibility index (Phi) is 5.37. The lowest BCUT2D eigenvalue weighted by molar-refractivity contribution is -0.134. The van der Waals surface area contributed by atoms with Gasteiger partial charge in [0.25, 0.3) is 16.0 Å². The number of hydrogen-bond donors (Lipinski definition) is 2. The van der Waals surface area contributed by atoms with Crippen LogP contribution in [0.2, 0.25) is 0 Å². The average molecular weight is 387 g/mol. The molecule has 1 aliphatic heterocycles. The lowest BCUT2D eigenvalue weighted by atomic mass is 10.2. The Balaban J connectivity index is 0.000000197. The molecule has 1 atom stereocenters. The molecule has 1 aromatic carbocycles. The van der Waals surface area contributed by atoms with Gasteiger partial charge in [0.05, 0.1) is 23.0 Å². The molecule has 1 aromatic rings. The van der Waals surface area contributed by atoms with Gasteiger partial charge < -0.3 is 10.6 Å². The highest BCUT2D eigenvalue weighted by molar-refractivity contribution is 7.85. The van der Waals surface area contributed by atoms with Crippen LogP contribution >= 0.6 is 0 Å². The average Bonchev–Trinajstić information content (AvgIpc) is 3.21. The van der Waals surface area contributed by atoms with Crippen molar-refractivity contribution >= 4 is 16.0 Å². The summed E-state index contributed by atoms with van der Waals surface area (Å²) < 4.78 is 55.6. The minimum Gasteiger partial charge on any atom is -0.319 e. The number of halogens is 2. The molecule has 142 valence electrons. The lowest BCUT2D eigenvalue weighted by Crippen LogP contribution is -2.48. The number of carbonyl (C=O) groups excluding carboxylic acids is 1. The monoisotopic (exact) mass is 387 g/mol. The number of nitrogens with two attached hydrogens (primary N) is 1. The van der Waals surface area contributed by atoms with E-state index in [0.29, 0.717) is 12.8 Å². The predicted molar refractivity (Wildman–Crippen MR) is 87.8 cm³/mol. The summed E-state index contributed by atoms with van der Waals surface area (Å²) in [5.74, 6) is -3.47. The Labute approximate surface area is 150 Å². The number of alkyl halides is 2. The fraction of sp³-hybridized carbons (Fsp3) is 0.500. The van der Waals surface area contributed by atoms with Gasteiger partial charge in [0.2, 0.25) is 5.91 Å². The van der Waals surface area contributed by atoms with Crippen LogP contribution in [0.4, 0.5) is 8.78 Å². The first-order valence-electron chi connectivity index (χ1n) is 7.79. The summed E-state index contributed by atoms with van der Waals surface area (Å²) in [6.45, 7) is 1.16. The van der Waals surface area contributed by atoms with Gasteiger partial charge in [-0.15, -0.1) is 0 Å². The Morgan fingerprint density at radius 1 is 1.35 bits per heavy atom. The molecule has 1 aliphatic carbocycles. The standard InChI is InChI=1S/C9H11F2N3O.C7H8O3S/c10-9(11)3-6(4-12)14(5-9)7(15)8(13)1-2-8;1-6-2-4-7(5-3-6)11(8,9)10/h6H,1-3,5,13H2;2-5H,1H3,(H,8,9,10). The van der Waals surface area contributed by atoms with Crippen LogP contribution in [0.3, 0.4) is 0 Å². The maximum atomic E-state index is 13.0. The van der Waals surface area contributed by atoms with E-state index in [9.17, 15) is 22.0 Å². The Hall–Kier alpha value is -2.09. The summed E-state index contributed by atoms with van der Waals surface area (Å²) in [5, 5.41) is 8.69. The number of carbonyl (C=O) groups is 1. The van der Waals surface area contributed by atoms with Gasteiger partial charge in [-0.3, -0.25) is 9.35 Å². The molecule has 1 saturated carbocycles.